The van der Waals surface area contributed by atoms with Crippen molar-refractivity contribution in [3.8, 4) is 5.75 Å². The SMILES string of the molecule is CC(F)(F)S(=O)(=O)OC12CC3CC(CC(C3)C1)C2.CCCCOc1cccc2ccccc12. The molecule has 0 heterocycles. The number of benzene rings is 2. The number of ether oxygens (including phenoxy) is 1. The molecule has 2 aromatic carbocycles. The standard InChI is InChI=1S/C14H16O.C12H18F2O3S/c1-2-3-11-15-14-10-6-8-12-7-4-5-9-13(12)14;1-11(13,14)18(15,16)17-12-5-8-2-9(6-12)4-10(3-8)7-12/h4-10H,2-3,11H2,1H3;8-10H,2-7H2,1H3. The van der Waals surface area contributed by atoms with E-state index >= 15 is 0 Å². The molecule has 4 bridgehead atoms. The summed E-state index contributed by atoms with van der Waals surface area (Å²) in [6, 6.07) is 14.5. The molecule has 182 valence electrons. The maximum absolute atomic E-state index is 13.1. The average Bonchev–Trinajstić information content (AvgIpc) is 2.72. The van der Waals surface area contributed by atoms with Crippen LogP contribution in [0, 0.1) is 17.8 Å². The lowest BCUT2D eigenvalue weighted by Gasteiger charge is -2.55. The molecule has 0 saturated heterocycles. The van der Waals surface area contributed by atoms with Gasteiger partial charge < -0.3 is 4.74 Å². The van der Waals surface area contributed by atoms with Crippen LogP contribution in [0.5, 0.6) is 5.75 Å². The van der Waals surface area contributed by atoms with E-state index in [1.807, 2.05) is 12.1 Å². The third kappa shape index (κ3) is 5.51. The summed E-state index contributed by atoms with van der Waals surface area (Å²) < 4.78 is 60.1. The summed E-state index contributed by atoms with van der Waals surface area (Å²) in [4.78, 5) is 0. The van der Waals surface area contributed by atoms with Crippen LogP contribution >= 0.6 is 0 Å². The van der Waals surface area contributed by atoms with Gasteiger partial charge in [-0.25, -0.2) is 0 Å². The van der Waals surface area contributed by atoms with Gasteiger partial charge in [0.05, 0.1) is 12.2 Å². The number of halogens is 2. The summed E-state index contributed by atoms with van der Waals surface area (Å²) in [6.07, 6.45) is 7.53. The summed E-state index contributed by atoms with van der Waals surface area (Å²) in [5.41, 5.74) is -0.826. The molecule has 0 aliphatic heterocycles. The van der Waals surface area contributed by atoms with E-state index in [0.29, 0.717) is 43.9 Å². The number of fused-ring (bicyclic) bond motifs is 1. The molecule has 0 N–H and O–H groups in total. The van der Waals surface area contributed by atoms with E-state index in [2.05, 4.69) is 37.3 Å². The Morgan fingerprint density at radius 2 is 1.55 bits per heavy atom. The minimum atomic E-state index is -4.79. The zero-order valence-corrected chi connectivity index (χ0v) is 20.3. The number of hydrogen-bond donors (Lipinski definition) is 0. The molecular formula is C26H34F2O4S. The minimum absolute atomic E-state index is 0.392. The lowest BCUT2D eigenvalue weighted by Crippen LogP contribution is -2.53. The van der Waals surface area contributed by atoms with Crippen molar-refractivity contribution in [2.45, 2.75) is 76.1 Å². The Labute approximate surface area is 195 Å². The molecule has 4 nitrogen and oxygen atoms in total. The van der Waals surface area contributed by atoms with Gasteiger partial charge in [0.2, 0.25) is 0 Å². The van der Waals surface area contributed by atoms with Gasteiger partial charge in [0.25, 0.3) is 0 Å². The Balaban J connectivity index is 0.000000160. The van der Waals surface area contributed by atoms with Crippen molar-refractivity contribution in [3.63, 3.8) is 0 Å². The maximum Gasteiger partial charge on any atom is 0.367 e. The van der Waals surface area contributed by atoms with Crippen LogP contribution in [-0.2, 0) is 14.3 Å². The van der Waals surface area contributed by atoms with E-state index in [0.717, 1.165) is 38.0 Å². The molecule has 0 aromatic heterocycles. The highest BCUT2D eigenvalue weighted by Crippen LogP contribution is 2.58. The van der Waals surface area contributed by atoms with Gasteiger partial charge in [0, 0.05) is 12.3 Å². The second-order valence-corrected chi connectivity index (χ2v) is 11.9. The van der Waals surface area contributed by atoms with Gasteiger partial charge in [-0.2, -0.15) is 17.2 Å². The van der Waals surface area contributed by atoms with Crippen LogP contribution in [-0.4, -0.2) is 25.9 Å². The Hall–Kier alpha value is -1.73. The van der Waals surface area contributed by atoms with E-state index in [4.69, 9.17) is 8.92 Å². The zero-order chi connectivity index (χ0) is 23.7. The van der Waals surface area contributed by atoms with Crippen molar-refractivity contribution in [3.05, 3.63) is 42.5 Å². The van der Waals surface area contributed by atoms with Crippen molar-refractivity contribution >= 4 is 20.9 Å². The first-order chi connectivity index (χ1) is 15.6. The minimum Gasteiger partial charge on any atom is -0.493 e. The molecule has 7 heteroatoms. The van der Waals surface area contributed by atoms with Gasteiger partial charge in [-0.1, -0.05) is 49.7 Å². The van der Waals surface area contributed by atoms with E-state index in [1.165, 1.54) is 17.2 Å². The van der Waals surface area contributed by atoms with Crippen molar-refractivity contribution in [2.75, 3.05) is 6.61 Å². The molecule has 2 aromatic rings. The van der Waals surface area contributed by atoms with Gasteiger partial charge in [-0.15, -0.1) is 0 Å². The average molecular weight is 481 g/mol. The number of unbranched alkanes of at least 4 members (excludes halogenated alkanes) is 1. The van der Waals surface area contributed by atoms with E-state index in [9.17, 15) is 17.2 Å². The molecule has 33 heavy (non-hydrogen) atoms. The fourth-order valence-corrected chi connectivity index (χ4v) is 6.90. The monoisotopic (exact) mass is 480 g/mol. The van der Waals surface area contributed by atoms with Gasteiger partial charge in [-0.05, 0) is 74.2 Å². The number of hydrogen-bond acceptors (Lipinski definition) is 4. The molecule has 4 fully saturated rings. The largest absolute Gasteiger partial charge is 0.493 e. The Kier molecular flexibility index (Phi) is 7.02. The van der Waals surface area contributed by atoms with Crippen molar-refractivity contribution in [1.82, 2.24) is 0 Å². The third-order valence-electron chi connectivity index (χ3n) is 7.21. The molecule has 0 atom stereocenters. The smallest absolute Gasteiger partial charge is 0.367 e. The zero-order valence-electron chi connectivity index (χ0n) is 19.4. The van der Waals surface area contributed by atoms with Crippen molar-refractivity contribution in [2.24, 2.45) is 17.8 Å². The fourth-order valence-electron chi connectivity index (χ4n) is 6.09. The van der Waals surface area contributed by atoms with E-state index in [-0.39, 0.29) is 0 Å². The van der Waals surface area contributed by atoms with Crippen LogP contribution in [0.25, 0.3) is 10.8 Å². The first-order valence-corrected chi connectivity index (χ1v) is 13.5. The summed E-state index contributed by atoms with van der Waals surface area (Å²) in [5, 5.41) is -1.36. The number of alkyl halides is 2. The van der Waals surface area contributed by atoms with Crippen LogP contribution in [0.3, 0.4) is 0 Å². The first-order valence-electron chi connectivity index (χ1n) is 12.0. The molecule has 0 unspecified atom stereocenters. The van der Waals surface area contributed by atoms with Crippen molar-refractivity contribution < 1.29 is 26.1 Å². The predicted molar refractivity (Wildman–Crippen MR) is 126 cm³/mol. The predicted octanol–water partition coefficient (Wildman–Crippen LogP) is 6.93. The Bertz CT molecular complexity index is 1020. The summed E-state index contributed by atoms with van der Waals surface area (Å²) >= 11 is 0. The normalized spacial score (nSPS) is 28.4. The van der Waals surface area contributed by atoms with Gasteiger partial charge in [0.15, 0.2) is 0 Å². The van der Waals surface area contributed by atoms with Crippen LogP contribution in [0.2, 0.25) is 0 Å². The molecule has 4 aliphatic rings. The first kappa shape index (κ1) is 24.4. The van der Waals surface area contributed by atoms with E-state index in [1.54, 1.807) is 0 Å². The van der Waals surface area contributed by atoms with Crippen LogP contribution in [0.4, 0.5) is 8.78 Å². The number of rotatable bonds is 7. The lowest BCUT2D eigenvalue weighted by molar-refractivity contribution is -0.109. The Morgan fingerprint density at radius 3 is 2.12 bits per heavy atom. The van der Waals surface area contributed by atoms with Crippen molar-refractivity contribution in [1.29, 1.82) is 0 Å². The summed E-state index contributed by atoms with van der Waals surface area (Å²) in [6.45, 7) is 3.37. The fraction of sp³-hybridized carbons (Fsp3) is 0.615. The second-order valence-electron chi connectivity index (χ2n) is 10.1. The molecule has 4 saturated carbocycles. The van der Waals surface area contributed by atoms with E-state index < -0.39 is 21.0 Å². The molecule has 0 radical (unpaired) electrons. The molecule has 6 rings (SSSR count). The second kappa shape index (κ2) is 9.49. The van der Waals surface area contributed by atoms with Gasteiger partial charge >= 0.3 is 15.4 Å². The van der Waals surface area contributed by atoms with Crippen LogP contribution in [0.15, 0.2) is 42.5 Å². The third-order valence-corrected chi connectivity index (χ3v) is 8.66. The highest BCUT2D eigenvalue weighted by Gasteiger charge is 2.56. The van der Waals surface area contributed by atoms with Crippen LogP contribution in [0.1, 0.15) is 65.2 Å². The summed E-state index contributed by atoms with van der Waals surface area (Å²) in [7, 11) is -4.79. The molecule has 4 aliphatic carbocycles. The van der Waals surface area contributed by atoms with Crippen LogP contribution < -0.4 is 4.74 Å². The summed E-state index contributed by atoms with van der Waals surface area (Å²) in [5.74, 6) is 2.41. The van der Waals surface area contributed by atoms with Gasteiger partial charge in [0.1, 0.15) is 5.75 Å². The molecule has 0 amide bonds. The lowest BCUT2D eigenvalue weighted by atomic mass is 9.54. The maximum atomic E-state index is 13.1. The highest BCUT2D eigenvalue weighted by atomic mass is 32.2. The quantitative estimate of drug-likeness (QED) is 0.318. The van der Waals surface area contributed by atoms with Gasteiger partial charge in [-0.3, -0.25) is 4.18 Å². The molecular weight excluding hydrogens is 446 g/mol. The molecule has 0 spiro atoms. The highest BCUT2D eigenvalue weighted by molar-refractivity contribution is 7.87. The Morgan fingerprint density at radius 1 is 0.970 bits per heavy atom. The topological polar surface area (TPSA) is 52.6 Å².